The maximum Gasteiger partial charge on any atom is 0.290 e. The van der Waals surface area contributed by atoms with Crippen LogP contribution in [0.15, 0.2) is 49.4 Å². The van der Waals surface area contributed by atoms with Crippen LogP contribution in [-0.2, 0) is 0 Å². The first-order valence-corrected chi connectivity index (χ1v) is 8.32. The van der Waals surface area contributed by atoms with Crippen molar-refractivity contribution in [2.45, 2.75) is 6.04 Å². The van der Waals surface area contributed by atoms with Crippen LogP contribution in [0.25, 0.3) is 11.0 Å². The average molecular weight is 376 g/mol. The third-order valence-electron chi connectivity index (χ3n) is 3.88. The minimum absolute atomic E-state index is 0.145. The fraction of sp³-hybridized carbons (Fsp3) is 0.125. The van der Waals surface area contributed by atoms with E-state index in [-0.39, 0.29) is 23.1 Å². The predicted molar refractivity (Wildman–Crippen MR) is 88.4 cm³/mol. The molecule has 22 heavy (non-hydrogen) atoms. The molecule has 1 atom stereocenters. The van der Waals surface area contributed by atoms with Gasteiger partial charge in [-0.25, -0.2) is 0 Å². The highest BCUT2D eigenvalue weighted by atomic mass is 79.9. The Balaban J connectivity index is 2.08. The number of fused-ring (bicyclic) bond motifs is 2. The van der Waals surface area contributed by atoms with Crippen LogP contribution >= 0.6 is 27.3 Å². The molecule has 0 N–H and O–H groups in total. The zero-order valence-corrected chi connectivity index (χ0v) is 13.9. The summed E-state index contributed by atoms with van der Waals surface area (Å²) >= 11 is 4.89. The molecular formula is C16H10BrNO3S. The van der Waals surface area contributed by atoms with Gasteiger partial charge in [0.05, 0.1) is 17.0 Å². The molecule has 1 aromatic carbocycles. The first kappa shape index (κ1) is 13.7. The number of halogens is 1. The van der Waals surface area contributed by atoms with Crippen molar-refractivity contribution in [2.24, 2.45) is 0 Å². The Morgan fingerprint density at radius 3 is 2.82 bits per heavy atom. The van der Waals surface area contributed by atoms with Gasteiger partial charge in [0.1, 0.15) is 5.58 Å². The van der Waals surface area contributed by atoms with Gasteiger partial charge in [0, 0.05) is 16.4 Å². The monoisotopic (exact) mass is 375 g/mol. The quantitative estimate of drug-likeness (QED) is 0.649. The number of hydrogen-bond donors (Lipinski definition) is 0. The van der Waals surface area contributed by atoms with Crippen LogP contribution in [0.1, 0.15) is 27.0 Å². The van der Waals surface area contributed by atoms with Crippen LogP contribution in [0.5, 0.6) is 0 Å². The van der Waals surface area contributed by atoms with Gasteiger partial charge in [-0.2, -0.15) is 0 Å². The molecule has 1 amide bonds. The number of carbonyl (C=O) groups excluding carboxylic acids is 1. The van der Waals surface area contributed by atoms with Crippen LogP contribution in [0.3, 0.4) is 0 Å². The smallest absolute Gasteiger partial charge is 0.290 e. The van der Waals surface area contributed by atoms with Crippen LogP contribution in [0.4, 0.5) is 0 Å². The van der Waals surface area contributed by atoms with Crippen LogP contribution in [0.2, 0.25) is 0 Å². The van der Waals surface area contributed by atoms with Gasteiger partial charge in [0.2, 0.25) is 5.76 Å². The van der Waals surface area contributed by atoms with Crippen molar-refractivity contribution in [1.82, 2.24) is 4.90 Å². The molecule has 4 nitrogen and oxygen atoms in total. The molecule has 0 fully saturated rings. The van der Waals surface area contributed by atoms with Crippen molar-refractivity contribution in [3.8, 4) is 0 Å². The molecule has 0 saturated carbocycles. The molecule has 1 aliphatic rings. The number of nitrogens with zero attached hydrogens (tertiary/aromatic N) is 1. The van der Waals surface area contributed by atoms with E-state index in [1.807, 2.05) is 17.5 Å². The van der Waals surface area contributed by atoms with Crippen molar-refractivity contribution < 1.29 is 9.21 Å². The summed E-state index contributed by atoms with van der Waals surface area (Å²) < 4.78 is 6.55. The lowest BCUT2D eigenvalue weighted by atomic mass is 10.0. The molecule has 2 aromatic heterocycles. The van der Waals surface area contributed by atoms with Gasteiger partial charge < -0.3 is 9.32 Å². The van der Waals surface area contributed by atoms with E-state index in [9.17, 15) is 9.59 Å². The molecule has 110 valence electrons. The molecule has 4 rings (SSSR count). The van der Waals surface area contributed by atoms with Crippen molar-refractivity contribution >= 4 is 44.1 Å². The number of thiophene rings is 1. The van der Waals surface area contributed by atoms with Gasteiger partial charge in [-0.1, -0.05) is 22.0 Å². The highest BCUT2D eigenvalue weighted by Gasteiger charge is 2.41. The molecule has 6 heteroatoms. The standard InChI is InChI=1S/C16H10BrNO3S/c1-18-13(11-3-2-6-22-11)12-14(19)9-7-8(17)4-5-10(9)21-15(12)16(18)20/h2-7,13H,1H3/t13-/m1/s1. The van der Waals surface area contributed by atoms with Crippen molar-refractivity contribution in [1.29, 1.82) is 0 Å². The fourth-order valence-electron chi connectivity index (χ4n) is 2.84. The molecule has 0 radical (unpaired) electrons. The Hall–Kier alpha value is -1.92. The van der Waals surface area contributed by atoms with E-state index in [4.69, 9.17) is 4.42 Å². The molecule has 0 saturated heterocycles. The Bertz CT molecular complexity index is 961. The zero-order valence-electron chi connectivity index (χ0n) is 11.5. The van der Waals surface area contributed by atoms with Gasteiger partial charge in [-0.3, -0.25) is 9.59 Å². The van der Waals surface area contributed by atoms with E-state index >= 15 is 0 Å². The summed E-state index contributed by atoms with van der Waals surface area (Å²) in [6, 6.07) is 8.69. The lowest BCUT2D eigenvalue weighted by Crippen LogP contribution is -2.24. The second-order valence-corrected chi connectivity index (χ2v) is 7.04. The summed E-state index contributed by atoms with van der Waals surface area (Å²) in [4.78, 5) is 27.9. The number of rotatable bonds is 1. The third kappa shape index (κ3) is 1.80. The molecule has 0 spiro atoms. The highest BCUT2D eigenvalue weighted by molar-refractivity contribution is 9.10. The van der Waals surface area contributed by atoms with Gasteiger partial charge >= 0.3 is 0 Å². The SMILES string of the molecule is CN1C(=O)c2oc3ccc(Br)cc3c(=O)c2[C@H]1c1cccs1. The minimum Gasteiger partial charge on any atom is -0.450 e. The third-order valence-corrected chi connectivity index (χ3v) is 5.29. The lowest BCUT2D eigenvalue weighted by Gasteiger charge is -2.18. The van der Waals surface area contributed by atoms with Crippen LogP contribution in [0, 0.1) is 0 Å². The van der Waals surface area contributed by atoms with Gasteiger partial charge in [-0.15, -0.1) is 11.3 Å². The lowest BCUT2D eigenvalue weighted by molar-refractivity contribution is 0.0773. The van der Waals surface area contributed by atoms with Crippen LogP contribution in [-0.4, -0.2) is 17.9 Å². The molecule has 0 bridgehead atoms. The Morgan fingerprint density at radius 2 is 2.09 bits per heavy atom. The molecule has 1 aliphatic heterocycles. The Morgan fingerprint density at radius 1 is 1.27 bits per heavy atom. The summed E-state index contributed by atoms with van der Waals surface area (Å²) in [5.41, 5.74) is 0.717. The first-order chi connectivity index (χ1) is 10.6. The second kappa shape index (κ2) is 4.79. The molecule has 0 aliphatic carbocycles. The summed E-state index contributed by atoms with van der Waals surface area (Å²) in [5.74, 6) is -0.101. The van der Waals surface area contributed by atoms with Gasteiger partial charge in [0.15, 0.2) is 5.43 Å². The van der Waals surface area contributed by atoms with Gasteiger partial charge in [0.25, 0.3) is 5.91 Å². The highest BCUT2D eigenvalue weighted by Crippen LogP contribution is 2.38. The molecule has 0 unspecified atom stereocenters. The largest absolute Gasteiger partial charge is 0.450 e. The van der Waals surface area contributed by atoms with E-state index in [1.165, 1.54) is 11.3 Å². The summed E-state index contributed by atoms with van der Waals surface area (Å²) in [5, 5.41) is 2.42. The summed E-state index contributed by atoms with van der Waals surface area (Å²) in [7, 11) is 1.70. The predicted octanol–water partition coefficient (Wildman–Crippen LogP) is 3.79. The maximum atomic E-state index is 12.9. The van der Waals surface area contributed by atoms with Crippen molar-refractivity contribution in [3.63, 3.8) is 0 Å². The summed E-state index contributed by atoms with van der Waals surface area (Å²) in [6.07, 6.45) is 0. The molecular weight excluding hydrogens is 366 g/mol. The number of hydrogen-bond acceptors (Lipinski definition) is 4. The van der Waals surface area contributed by atoms with E-state index in [0.29, 0.717) is 16.5 Å². The average Bonchev–Trinajstić information content (AvgIpc) is 3.10. The van der Waals surface area contributed by atoms with E-state index < -0.39 is 0 Å². The topological polar surface area (TPSA) is 50.5 Å². The second-order valence-electron chi connectivity index (χ2n) is 5.15. The number of amides is 1. The van der Waals surface area contributed by atoms with E-state index in [2.05, 4.69) is 15.9 Å². The molecule has 3 heterocycles. The van der Waals surface area contributed by atoms with E-state index in [0.717, 1.165) is 9.35 Å². The number of benzene rings is 1. The van der Waals surface area contributed by atoms with E-state index in [1.54, 1.807) is 30.1 Å². The van der Waals surface area contributed by atoms with Crippen molar-refractivity contribution in [2.75, 3.05) is 7.05 Å². The zero-order chi connectivity index (χ0) is 15.4. The van der Waals surface area contributed by atoms with Gasteiger partial charge in [-0.05, 0) is 29.6 Å². The van der Waals surface area contributed by atoms with Crippen molar-refractivity contribution in [3.05, 3.63) is 66.6 Å². The molecule has 3 aromatic rings. The van der Waals surface area contributed by atoms with Crippen LogP contribution < -0.4 is 5.43 Å². The maximum absolute atomic E-state index is 12.9. The Kier molecular flexibility index (Phi) is 2.99. The minimum atomic E-state index is -0.373. The number of carbonyl (C=O) groups is 1. The normalized spacial score (nSPS) is 17.3. The summed E-state index contributed by atoms with van der Waals surface area (Å²) in [6.45, 7) is 0. The fourth-order valence-corrected chi connectivity index (χ4v) is 4.08. The Labute approximate surface area is 138 Å². The first-order valence-electron chi connectivity index (χ1n) is 6.65.